The largest absolute Gasteiger partial charge is 0.396 e. The van der Waals surface area contributed by atoms with E-state index in [1.165, 1.54) is 5.01 Å². The van der Waals surface area contributed by atoms with Crippen LogP contribution in [0.4, 0.5) is 0 Å². The molecule has 2 unspecified atom stereocenters. The maximum Gasteiger partial charge on any atom is 0.240 e. The van der Waals surface area contributed by atoms with Gasteiger partial charge >= 0.3 is 0 Å². The Kier molecular flexibility index (Phi) is 17.2. The van der Waals surface area contributed by atoms with Crippen molar-refractivity contribution < 1.29 is 24.9 Å². The second-order valence-electron chi connectivity index (χ2n) is 7.58. The lowest BCUT2D eigenvalue weighted by atomic mass is 10.1. The number of hydrazine groups is 1. The van der Waals surface area contributed by atoms with Crippen molar-refractivity contribution in [1.29, 1.82) is 0 Å². The summed E-state index contributed by atoms with van der Waals surface area (Å²) in [6.45, 7) is 6.50. The Bertz CT molecular complexity index is 499. The fourth-order valence-electron chi connectivity index (χ4n) is 2.97. The third-order valence-electron chi connectivity index (χ3n) is 4.71. The molecule has 0 saturated carbocycles. The molecular weight excluding hydrogens is 386 g/mol. The van der Waals surface area contributed by atoms with E-state index in [9.17, 15) is 19.8 Å². The molecule has 0 rings (SSSR count). The van der Waals surface area contributed by atoms with Crippen molar-refractivity contribution in [2.75, 3.05) is 19.7 Å². The maximum atomic E-state index is 12.4. The summed E-state index contributed by atoms with van der Waals surface area (Å²) in [6, 6.07) is 0. The zero-order valence-corrected chi connectivity index (χ0v) is 19.0. The Morgan fingerprint density at radius 2 is 1.73 bits per heavy atom. The average molecular weight is 430 g/mol. The van der Waals surface area contributed by atoms with Crippen LogP contribution in [-0.4, -0.2) is 64.0 Å². The Labute approximate surface area is 181 Å². The van der Waals surface area contributed by atoms with Crippen molar-refractivity contribution in [3.63, 3.8) is 0 Å². The molecule has 0 heterocycles. The van der Waals surface area contributed by atoms with Crippen LogP contribution < -0.4 is 10.7 Å². The first kappa shape index (κ1) is 28.4. The van der Waals surface area contributed by atoms with E-state index in [1.807, 2.05) is 13.8 Å². The number of carbonyl (C=O) groups is 2. The van der Waals surface area contributed by atoms with E-state index in [4.69, 9.17) is 5.11 Å². The highest BCUT2D eigenvalue weighted by atomic mass is 16.3. The van der Waals surface area contributed by atoms with Gasteiger partial charge in [0.15, 0.2) is 0 Å². The Hall–Kier alpha value is -1.64. The van der Waals surface area contributed by atoms with Crippen LogP contribution in [-0.2, 0) is 9.59 Å². The van der Waals surface area contributed by atoms with E-state index in [0.29, 0.717) is 38.8 Å². The van der Waals surface area contributed by atoms with Crippen LogP contribution >= 0.6 is 0 Å². The van der Waals surface area contributed by atoms with Gasteiger partial charge in [0.2, 0.25) is 11.8 Å². The number of hydrogen-bond acceptors (Lipinski definition) is 6. The summed E-state index contributed by atoms with van der Waals surface area (Å²) in [5.41, 5.74) is 3.63. The Morgan fingerprint density at radius 1 is 1.00 bits per heavy atom. The normalized spacial score (nSPS) is 13.6. The van der Waals surface area contributed by atoms with Crippen LogP contribution in [0.1, 0.15) is 85.0 Å². The van der Waals surface area contributed by atoms with Crippen LogP contribution in [0.25, 0.3) is 0 Å². The van der Waals surface area contributed by atoms with Crippen molar-refractivity contribution in [3.05, 3.63) is 11.8 Å². The van der Waals surface area contributed by atoms with Gasteiger partial charge in [0, 0.05) is 44.7 Å². The zero-order chi connectivity index (χ0) is 22.8. The van der Waals surface area contributed by atoms with Gasteiger partial charge in [-0.2, -0.15) is 0 Å². The second kappa shape index (κ2) is 18.2. The molecule has 0 fully saturated rings. The number of carbonyl (C=O) groups excluding carboxylic acids is 2. The molecule has 2 atom stereocenters. The highest BCUT2D eigenvalue weighted by Gasteiger charge is 2.15. The van der Waals surface area contributed by atoms with E-state index in [0.717, 1.165) is 31.4 Å². The SMILES string of the molecule is CCCC/C=C(/CCCC(=O)N(CC)NC(=O)CCC)NCC(O)CC(O)CCO. The topological polar surface area (TPSA) is 122 Å². The minimum Gasteiger partial charge on any atom is -0.396 e. The zero-order valence-electron chi connectivity index (χ0n) is 19.0. The first-order valence-corrected chi connectivity index (χ1v) is 11.4. The van der Waals surface area contributed by atoms with Gasteiger partial charge in [-0.3, -0.25) is 20.0 Å². The molecule has 0 aliphatic rings. The number of amides is 2. The van der Waals surface area contributed by atoms with Crippen LogP contribution in [0, 0.1) is 0 Å². The van der Waals surface area contributed by atoms with E-state index in [-0.39, 0.29) is 31.3 Å². The molecule has 5 N–H and O–H groups in total. The molecule has 0 bridgehead atoms. The predicted octanol–water partition coefficient (Wildman–Crippen LogP) is 1.99. The molecule has 0 aliphatic heterocycles. The molecule has 0 saturated heterocycles. The molecule has 30 heavy (non-hydrogen) atoms. The number of unbranched alkanes of at least 4 members (excludes halogenated alkanes) is 2. The summed E-state index contributed by atoms with van der Waals surface area (Å²) in [6.07, 6.45) is 6.95. The number of rotatable bonds is 17. The third kappa shape index (κ3) is 14.4. The lowest BCUT2D eigenvalue weighted by molar-refractivity contribution is -0.141. The predicted molar refractivity (Wildman–Crippen MR) is 118 cm³/mol. The van der Waals surface area contributed by atoms with Crippen LogP contribution in [0.5, 0.6) is 0 Å². The molecule has 176 valence electrons. The molecule has 2 amide bonds. The highest BCUT2D eigenvalue weighted by molar-refractivity contribution is 5.82. The van der Waals surface area contributed by atoms with E-state index >= 15 is 0 Å². The molecule has 0 aromatic carbocycles. The van der Waals surface area contributed by atoms with E-state index < -0.39 is 12.2 Å². The van der Waals surface area contributed by atoms with E-state index in [1.54, 1.807) is 0 Å². The van der Waals surface area contributed by atoms with Gasteiger partial charge in [-0.15, -0.1) is 0 Å². The lowest BCUT2D eigenvalue weighted by Gasteiger charge is -2.22. The molecule has 0 aliphatic carbocycles. The summed E-state index contributed by atoms with van der Waals surface area (Å²) < 4.78 is 0. The van der Waals surface area contributed by atoms with Crippen molar-refractivity contribution in [2.24, 2.45) is 0 Å². The van der Waals surface area contributed by atoms with Crippen molar-refractivity contribution in [1.82, 2.24) is 15.8 Å². The number of allylic oxidation sites excluding steroid dienone is 2. The average Bonchev–Trinajstić information content (AvgIpc) is 2.70. The standard InChI is InChI=1S/C22H43N3O5/c1-4-7-8-11-18(23-17-20(28)16-19(27)14-15-26)12-9-13-22(30)25(6-3)24-21(29)10-5-2/h11,19-20,23,26-28H,4-10,12-17H2,1-3H3,(H,24,29)/b18-11-. The molecule has 8 nitrogen and oxygen atoms in total. The summed E-state index contributed by atoms with van der Waals surface area (Å²) in [4.78, 5) is 24.1. The molecule has 8 heteroatoms. The highest BCUT2D eigenvalue weighted by Crippen LogP contribution is 2.10. The first-order valence-electron chi connectivity index (χ1n) is 11.4. The van der Waals surface area contributed by atoms with Gasteiger partial charge in [-0.25, -0.2) is 0 Å². The van der Waals surface area contributed by atoms with Crippen LogP contribution in [0.3, 0.4) is 0 Å². The van der Waals surface area contributed by atoms with Gasteiger partial charge < -0.3 is 20.6 Å². The van der Waals surface area contributed by atoms with E-state index in [2.05, 4.69) is 23.7 Å². The number of nitrogens with zero attached hydrogens (tertiary/aromatic N) is 1. The van der Waals surface area contributed by atoms with Gasteiger partial charge in [0.25, 0.3) is 0 Å². The monoisotopic (exact) mass is 429 g/mol. The quantitative estimate of drug-likeness (QED) is 0.178. The minimum atomic E-state index is -0.722. The van der Waals surface area contributed by atoms with Gasteiger partial charge in [-0.05, 0) is 39.0 Å². The molecule has 0 radical (unpaired) electrons. The van der Waals surface area contributed by atoms with Crippen LogP contribution in [0.15, 0.2) is 11.8 Å². The number of aliphatic hydroxyl groups is 3. The first-order chi connectivity index (χ1) is 14.4. The molecular formula is C22H43N3O5. The smallest absolute Gasteiger partial charge is 0.240 e. The van der Waals surface area contributed by atoms with Crippen molar-refractivity contribution in [3.8, 4) is 0 Å². The lowest BCUT2D eigenvalue weighted by Crippen LogP contribution is -2.45. The maximum absolute atomic E-state index is 12.4. The second-order valence-corrected chi connectivity index (χ2v) is 7.58. The van der Waals surface area contributed by atoms with Crippen molar-refractivity contribution in [2.45, 2.75) is 97.2 Å². The summed E-state index contributed by atoms with van der Waals surface area (Å²) >= 11 is 0. The summed E-state index contributed by atoms with van der Waals surface area (Å²) in [7, 11) is 0. The molecule has 0 aromatic heterocycles. The van der Waals surface area contributed by atoms with Gasteiger partial charge in [-0.1, -0.05) is 32.8 Å². The minimum absolute atomic E-state index is 0.106. The Morgan fingerprint density at radius 3 is 2.33 bits per heavy atom. The number of hydrogen-bond donors (Lipinski definition) is 5. The fourth-order valence-corrected chi connectivity index (χ4v) is 2.97. The van der Waals surface area contributed by atoms with Crippen LogP contribution in [0.2, 0.25) is 0 Å². The van der Waals surface area contributed by atoms with Gasteiger partial charge in [0.1, 0.15) is 0 Å². The molecule has 0 spiro atoms. The van der Waals surface area contributed by atoms with Crippen molar-refractivity contribution >= 4 is 11.8 Å². The summed E-state index contributed by atoms with van der Waals surface area (Å²) in [5, 5.41) is 33.2. The third-order valence-corrected chi connectivity index (χ3v) is 4.71. The fraction of sp³-hybridized carbons (Fsp3) is 0.818. The molecule has 0 aromatic rings. The Balaban J connectivity index is 4.55. The van der Waals surface area contributed by atoms with Gasteiger partial charge in [0.05, 0.1) is 12.2 Å². The number of nitrogens with one attached hydrogen (secondary N) is 2. The number of aliphatic hydroxyl groups excluding tert-OH is 3. The summed E-state index contributed by atoms with van der Waals surface area (Å²) in [5.74, 6) is -0.256.